The maximum absolute atomic E-state index is 6.23. The number of hydrogen-bond acceptors (Lipinski definition) is 2. The molecule has 2 rings (SSSR count). The molecule has 1 saturated carbocycles. The van der Waals surface area contributed by atoms with Crippen LogP contribution in [0.5, 0.6) is 0 Å². The summed E-state index contributed by atoms with van der Waals surface area (Å²) in [4.78, 5) is 4.54. The highest BCUT2D eigenvalue weighted by Gasteiger charge is 2.27. The fourth-order valence-electron chi connectivity index (χ4n) is 2.41. The van der Waals surface area contributed by atoms with Crippen LogP contribution in [0.4, 0.5) is 0 Å². The van der Waals surface area contributed by atoms with E-state index in [1.165, 1.54) is 30.0 Å². The average Bonchev–Trinajstić information content (AvgIpc) is 2.58. The van der Waals surface area contributed by atoms with Gasteiger partial charge in [-0.05, 0) is 44.4 Å². The van der Waals surface area contributed by atoms with Gasteiger partial charge in [0, 0.05) is 10.8 Å². The molecule has 3 unspecified atom stereocenters. The Kier molecular flexibility index (Phi) is 3.68. The van der Waals surface area contributed by atoms with Crippen LogP contribution in [-0.2, 0) is 6.42 Å². The lowest BCUT2D eigenvalue weighted by molar-refractivity contribution is 0.257. The molecule has 0 radical (unpaired) electrons. The Morgan fingerprint density at radius 2 is 2.33 bits per heavy atom. The molecule has 15 heavy (non-hydrogen) atoms. The number of nitrogens with zero attached hydrogens (tertiary/aromatic N) is 1. The number of hydrogen-bond donors (Lipinski definition) is 0. The number of thiazole rings is 1. The molecule has 0 bridgehead atoms. The van der Waals surface area contributed by atoms with Crippen LogP contribution in [-0.4, -0.2) is 10.4 Å². The second kappa shape index (κ2) is 4.84. The largest absolute Gasteiger partial charge is 0.247 e. The summed E-state index contributed by atoms with van der Waals surface area (Å²) in [6.07, 6.45) is 4.76. The molecule has 0 amide bonds. The van der Waals surface area contributed by atoms with Crippen molar-refractivity contribution < 1.29 is 0 Å². The third-order valence-corrected chi connectivity index (χ3v) is 4.66. The summed E-state index contributed by atoms with van der Waals surface area (Å²) in [5.74, 6) is 1.55. The lowest BCUT2D eigenvalue weighted by atomic mass is 9.78. The second-order valence-electron chi connectivity index (χ2n) is 4.71. The van der Waals surface area contributed by atoms with E-state index >= 15 is 0 Å². The van der Waals surface area contributed by atoms with E-state index in [4.69, 9.17) is 11.6 Å². The second-order valence-corrected chi connectivity index (χ2v) is 6.39. The Balaban J connectivity index is 1.98. The van der Waals surface area contributed by atoms with Crippen molar-refractivity contribution in [1.82, 2.24) is 4.98 Å². The van der Waals surface area contributed by atoms with Crippen molar-refractivity contribution in [3.63, 3.8) is 0 Å². The number of alkyl halides is 1. The van der Waals surface area contributed by atoms with Gasteiger partial charge in [-0.15, -0.1) is 22.9 Å². The van der Waals surface area contributed by atoms with Gasteiger partial charge in [-0.25, -0.2) is 4.98 Å². The summed E-state index contributed by atoms with van der Waals surface area (Å²) in [6.45, 7) is 4.43. The third-order valence-electron chi connectivity index (χ3n) is 3.44. The standard InChI is InChI=1S/C12H18ClNS/c1-8-3-4-11(13)5-10(8)6-12-7-15-9(2)14-12/h7-8,10-11H,3-6H2,1-2H3. The van der Waals surface area contributed by atoms with E-state index in [0.29, 0.717) is 5.38 Å². The minimum absolute atomic E-state index is 0.394. The molecule has 0 spiro atoms. The summed E-state index contributed by atoms with van der Waals surface area (Å²) in [5.41, 5.74) is 1.26. The van der Waals surface area contributed by atoms with Gasteiger partial charge in [0.1, 0.15) is 0 Å². The van der Waals surface area contributed by atoms with Crippen LogP contribution in [0.2, 0.25) is 0 Å². The number of aromatic nitrogens is 1. The molecule has 1 aliphatic carbocycles. The summed E-state index contributed by atoms with van der Waals surface area (Å²) in [7, 11) is 0. The number of rotatable bonds is 2. The Labute approximate surface area is 101 Å². The van der Waals surface area contributed by atoms with E-state index in [1.807, 2.05) is 0 Å². The van der Waals surface area contributed by atoms with E-state index in [9.17, 15) is 0 Å². The average molecular weight is 244 g/mol. The van der Waals surface area contributed by atoms with Gasteiger partial charge < -0.3 is 0 Å². The van der Waals surface area contributed by atoms with Gasteiger partial charge in [0.05, 0.1) is 10.7 Å². The van der Waals surface area contributed by atoms with Crippen LogP contribution in [0.1, 0.15) is 36.9 Å². The zero-order chi connectivity index (χ0) is 10.8. The Hall–Kier alpha value is -0.0800. The van der Waals surface area contributed by atoms with Gasteiger partial charge >= 0.3 is 0 Å². The van der Waals surface area contributed by atoms with E-state index in [1.54, 1.807) is 11.3 Å². The number of halogens is 1. The topological polar surface area (TPSA) is 12.9 Å². The lowest BCUT2D eigenvalue weighted by Crippen LogP contribution is -2.25. The molecule has 84 valence electrons. The van der Waals surface area contributed by atoms with Gasteiger partial charge in [-0.1, -0.05) is 6.92 Å². The fraction of sp³-hybridized carbons (Fsp3) is 0.750. The van der Waals surface area contributed by atoms with Crippen molar-refractivity contribution in [3.8, 4) is 0 Å². The predicted molar refractivity (Wildman–Crippen MR) is 66.7 cm³/mol. The van der Waals surface area contributed by atoms with Crippen LogP contribution in [0.25, 0.3) is 0 Å². The van der Waals surface area contributed by atoms with Crippen LogP contribution in [0.15, 0.2) is 5.38 Å². The van der Waals surface area contributed by atoms with Gasteiger partial charge in [-0.3, -0.25) is 0 Å². The minimum Gasteiger partial charge on any atom is -0.247 e. The first-order valence-corrected chi connectivity index (χ1v) is 7.02. The molecule has 1 aliphatic rings. The van der Waals surface area contributed by atoms with Crippen molar-refractivity contribution in [2.75, 3.05) is 0 Å². The normalized spacial score (nSPS) is 31.8. The smallest absolute Gasteiger partial charge is 0.0897 e. The highest BCUT2D eigenvalue weighted by molar-refractivity contribution is 7.09. The maximum Gasteiger partial charge on any atom is 0.0897 e. The van der Waals surface area contributed by atoms with E-state index in [-0.39, 0.29) is 0 Å². The zero-order valence-corrected chi connectivity index (χ0v) is 10.9. The molecule has 0 N–H and O–H groups in total. The van der Waals surface area contributed by atoms with Crippen molar-refractivity contribution in [3.05, 3.63) is 16.1 Å². The Bertz CT molecular complexity index is 323. The molecule has 0 saturated heterocycles. The summed E-state index contributed by atoms with van der Waals surface area (Å²) < 4.78 is 0. The monoisotopic (exact) mass is 243 g/mol. The number of aryl methyl sites for hydroxylation is 1. The van der Waals surface area contributed by atoms with Crippen LogP contribution in [0.3, 0.4) is 0 Å². The molecule has 1 aromatic rings. The predicted octanol–water partition coefficient (Wildman–Crippen LogP) is 4.04. The van der Waals surface area contributed by atoms with Gasteiger partial charge in [-0.2, -0.15) is 0 Å². The summed E-state index contributed by atoms with van der Waals surface area (Å²) in [5, 5.41) is 3.77. The zero-order valence-electron chi connectivity index (χ0n) is 9.37. The molecule has 0 aliphatic heterocycles. The first-order valence-electron chi connectivity index (χ1n) is 5.70. The molecule has 1 fully saturated rings. The van der Waals surface area contributed by atoms with Gasteiger partial charge in [0.25, 0.3) is 0 Å². The summed E-state index contributed by atoms with van der Waals surface area (Å²) in [6, 6.07) is 0. The highest BCUT2D eigenvalue weighted by Crippen LogP contribution is 2.34. The van der Waals surface area contributed by atoms with Crippen molar-refractivity contribution in [2.24, 2.45) is 11.8 Å². The third kappa shape index (κ3) is 2.94. The quantitative estimate of drug-likeness (QED) is 0.715. The molecule has 1 nitrogen and oxygen atoms in total. The van der Waals surface area contributed by atoms with E-state index in [0.717, 1.165) is 18.3 Å². The van der Waals surface area contributed by atoms with Crippen LogP contribution in [0, 0.1) is 18.8 Å². The Morgan fingerprint density at radius 1 is 1.53 bits per heavy atom. The van der Waals surface area contributed by atoms with E-state index < -0.39 is 0 Å². The van der Waals surface area contributed by atoms with Gasteiger partial charge in [0.2, 0.25) is 0 Å². The van der Waals surface area contributed by atoms with Crippen molar-refractivity contribution in [1.29, 1.82) is 0 Å². The highest BCUT2D eigenvalue weighted by atomic mass is 35.5. The fourth-order valence-corrected chi connectivity index (χ4v) is 3.39. The summed E-state index contributed by atoms with van der Waals surface area (Å²) >= 11 is 7.98. The first-order chi connectivity index (χ1) is 7.15. The molecule has 0 aromatic carbocycles. The molecular formula is C12H18ClNS. The molecule has 3 heteroatoms. The molecule has 1 heterocycles. The molecule has 3 atom stereocenters. The molecular weight excluding hydrogens is 226 g/mol. The lowest BCUT2D eigenvalue weighted by Gasteiger charge is -2.31. The van der Waals surface area contributed by atoms with Crippen LogP contribution >= 0.6 is 22.9 Å². The first kappa shape index (κ1) is 11.4. The van der Waals surface area contributed by atoms with E-state index in [2.05, 4.69) is 24.2 Å². The van der Waals surface area contributed by atoms with Crippen LogP contribution < -0.4 is 0 Å². The van der Waals surface area contributed by atoms with Crippen molar-refractivity contribution in [2.45, 2.75) is 44.9 Å². The molecule has 1 aromatic heterocycles. The SMILES string of the molecule is Cc1nc(CC2CC(Cl)CCC2C)cs1. The Morgan fingerprint density at radius 3 is 3.00 bits per heavy atom. The van der Waals surface area contributed by atoms with Crippen molar-refractivity contribution >= 4 is 22.9 Å². The minimum atomic E-state index is 0.394. The maximum atomic E-state index is 6.23. The van der Waals surface area contributed by atoms with Gasteiger partial charge in [0.15, 0.2) is 0 Å².